The third kappa shape index (κ3) is 4.10. The fourth-order valence-electron chi connectivity index (χ4n) is 2.23. The van der Waals surface area contributed by atoms with Crippen molar-refractivity contribution in [3.05, 3.63) is 80.4 Å². The number of halogens is 1. The van der Waals surface area contributed by atoms with Crippen LogP contribution >= 0.6 is 23.1 Å². The van der Waals surface area contributed by atoms with Crippen molar-refractivity contribution in [2.24, 2.45) is 0 Å². The van der Waals surface area contributed by atoms with Gasteiger partial charge in [-0.05, 0) is 36.8 Å². The molecule has 0 aliphatic rings. The summed E-state index contributed by atoms with van der Waals surface area (Å²) in [6, 6.07) is 16.7. The minimum atomic E-state index is -0.452. The number of ether oxygens (including phenoxy) is 1. The molecule has 1 amide bonds. The molecule has 7 heteroatoms. The number of rotatable bonds is 5. The smallest absolute Gasteiger partial charge is 0.277 e. The normalized spacial score (nSPS) is 11.8. The van der Waals surface area contributed by atoms with Crippen LogP contribution in [-0.2, 0) is 0 Å². The third-order valence-corrected chi connectivity index (χ3v) is 4.91. The first-order valence-corrected chi connectivity index (χ1v) is 8.74. The number of nitrogens with one attached hydrogen (secondary N) is 2. The van der Waals surface area contributed by atoms with Crippen molar-refractivity contribution in [2.45, 2.75) is 13.0 Å². The van der Waals surface area contributed by atoms with Gasteiger partial charge in [0.15, 0.2) is 0 Å². The number of para-hydroxylation sites is 1. The van der Waals surface area contributed by atoms with Gasteiger partial charge in [0, 0.05) is 0 Å². The van der Waals surface area contributed by atoms with Gasteiger partial charge >= 0.3 is 0 Å². The first-order chi connectivity index (χ1) is 12.0. The van der Waals surface area contributed by atoms with Crippen molar-refractivity contribution < 1.29 is 9.53 Å². The summed E-state index contributed by atoms with van der Waals surface area (Å²) in [4.78, 5) is 23.7. The highest BCUT2D eigenvalue weighted by Crippen LogP contribution is 2.24. The molecule has 0 radical (unpaired) electrons. The lowest BCUT2D eigenvalue weighted by Gasteiger charge is -2.14. The average molecular weight is 375 g/mol. The first kappa shape index (κ1) is 17.3. The van der Waals surface area contributed by atoms with Crippen LogP contribution in [0.15, 0.2) is 59.4 Å². The maximum atomic E-state index is 12.2. The molecule has 3 aromatic rings. The summed E-state index contributed by atoms with van der Waals surface area (Å²) in [7, 11) is 0. The molecule has 5 nitrogen and oxygen atoms in total. The summed E-state index contributed by atoms with van der Waals surface area (Å²) < 4.78 is 8.18. The molecule has 0 unspecified atom stereocenters. The summed E-state index contributed by atoms with van der Waals surface area (Å²) in [5.74, 6) is 1.08. The zero-order chi connectivity index (χ0) is 17.8. The predicted octanol–water partition coefficient (Wildman–Crippen LogP) is 4.37. The number of aromatic amines is 1. The van der Waals surface area contributed by atoms with E-state index in [1.807, 2.05) is 61.5 Å². The molecule has 128 valence electrons. The summed E-state index contributed by atoms with van der Waals surface area (Å²) >= 11 is 6.74. The number of carbonyl (C=O) groups is 1. The lowest BCUT2D eigenvalue weighted by molar-refractivity contribution is 0.0944. The van der Waals surface area contributed by atoms with Crippen LogP contribution in [0.3, 0.4) is 0 Å². The summed E-state index contributed by atoms with van der Waals surface area (Å²) in [5, 5.41) is 2.74. The van der Waals surface area contributed by atoms with E-state index in [4.69, 9.17) is 16.3 Å². The van der Waals surface area contributed by atoms with E-state index in [1.54, 1.807) is 0 Å². The lowest BCUT2D eigenvalue weighted by Crippen LogP contribution is -2.26. The molecule has 0 fully saturated rings. The SMILES string of the molecule is C[C@@H](NC(=O)c1s[nH]c(=O)c1Cl)c1ccc(Oc2ccccc2)cc1. The molecule has 2 N–H and O–H groups in total. The van der Waals surface area contributed by atoms with E-state index in [2.05, 4.69) is 9.69 Å². The van der Waals surface area contributed by atoms with E-state index in [0.717, 1.165) is 22.8 Å². The quantitative estimate of drug-likeness (QED) is 0.696. The maximum absolute atomic E-state index is 12.2. The monoisotopic (exact) mass is 374 g/mol. The van der Waals surface area contributed by atoms with Crippen molar-refractivity contribution in [1.29, 1.82) is 0 Å². The van der Waals surface area contributed by atoms with Gasteiger partial charge in [-0.3, -0.25) is 14.0 Å². The maximum Gasteiger partial charge on any atom is 0.277 e. The van der Waals surface area contributed by atoms with Gasteiger partial charge < -0.3 is 10.1 Å². The van der Waals surface area contributed by atoms with Gasteiger partial charge in [0.1, 0.15) is 21.4 Å². The van der Waals surface area contributed by atoms with E-state index < -0.39 is 5.56 Å². The Labute approximate surface area is 153 Å². The number of hydrogen-bond acceptors (Lipinski definition) is 4. The average Bonchev–Trinajstić information content (AvgIpc) is 2.95. The largest absolute Gasteiger partial charge is 0.457 e. The van der Waals surface area contributed by atoms with E-state index in [-0.39, 0.29) is 21.8 Å². The van der Waals surface area contributed by atoms with Gasteiger partial charge in [0.25, 0.3) is 11.5 Å². The van der Waals surface area contributed by atoms with Crippen LogP contribution < -0.4 is 15.6 Å². The molecule has 0 aliphatic heterocycles. The van der Waals surface area contributed by atoms with E-state index in [0.29, 0.717) is 5.75 Å². The molecular weight excluding hydrogens is 360 g/mol. The van der Waals surface area contributed by atoms with Gasteiger partial charge in [-0.2, -0.15) is 0 Å². The number of H-pyrrole nitrogens is 1. The molecule has 25 heavy (non-hydrogen) atoms. The molecule has 0 saturated heterocycles. The van der Waals surface area contributed by atoms with Crippen LogP contribution in [0.25, 0.3) is 0 Å². The van der Waals surface area contributed by atoms with E-state index >= 15 is 0 Å². The highest BCUT2D eigenvalue weighted by molar-refractivity contribution is 7.08. The van der Waals surface area contributed by atoms with Crippen molar-refractivity contribution in [2.75, 3.05) is 0 Å². The van der Waals surface area contributed by atoms with Crippen LogP contribution in [0.4, 0.5) is 0 Å². The van der Waals surface area contributed by atoms with Crippen LogP contribution in [0.1, 0.15) is 28.2 Å². The lowest BCUT2D eigenvalue weighted by atomic mass is 10.1. The number of hydrogen-bond donors (Lipinski definition) is 2. The highest BCUT2D eigenvalue weighted by Gasteiger charge is 2.18. The molecule has 0 saturated carbocycles. The minimum Gasteiger partial charge on any atom is -0.457 e. The Balaban J connectivity index is 1.66. The minimum absolute atomic E-state index is 0.0821. The van der Waals surface area contributed by atoms with E-state index in [1.165, 1.54) is 0 Å². The third-order valence-electron chi connectivity index (χ3n) is 3.56. The van der Waals surface area contributed by atoms with E-state index in [9.17, 15) is 9.59 Å². The second-order valence-corrected chi connectivity index (χ2v) is 6.55. The van der Waals surface area contributed by atoms with Crippen molar-refractivity contribution >= 4 is 29.0 Å². The summed E-state index contributed by atoms with van der Waals surface area (Å²) in [6.45, 7) is 1.86. The Morgan fingerprint density at radius 2 is 1.76 bits per heavy atom. The van der Waals surface area contributed by atoms with Crippen molar-refractivity contribution in [1.82, 2.24) is 9.69 Å². The molecule has 0 aliphatic carbocycles. The zero-order valence-corrected chi connectivity index (χ0v) is 14.9. The van der Waals surface area contributed by atoms with Gasteiger partial charge in [0.05, 0.1) is 6.04 Å². The Hall–Kier alpha value is -2.57. The van der Waals surface area contributed by atoms with Crippen LogP contribution in [0.2, 0.25) is 5.02 Å². The standard InChI is InChI=1S/C18H15ClN2O3S/c1-11(20-18(23)16-15(19)17(22)21-25-16)12-7-9-14(10-8-12)24-13-5-3-2-4-6-13/h2-11H,1H3,(H,20,23)(H,21,22)/t11-/m1/s1. The van der Waals surface area contributed by atoms with Gasteiger partial charge in [0.2, 0.25) is 0 Å². The molecule has 3 rings (SSSR count). The first-order valence-electron chi connectivity index (χ1n) is 7.55. The van der Waals surface area contributed by atoms with Gasteiger partial charge in [-0.25, -0.2) is 0 Å². The predicted molar refractivity (Wildman–Crippen MR) is 98.8 cm³/mol. The summed E-state index contributed by atoms with van der Waals surface area (Å²) in [6.07, 6.45) is 0. The number of amides is 1. The van der Waals surface area contributed by atoms with Gasteiger partial charge in [-0.1, -0.05) is 53.5 Å². The zero-order valence-electron chi connectivity index (χ0n) is 13.3. The molecule has 0 spiro atoms. The van der Waals surface area contributed by atoms with Crippen LogP contribution in [-0.4, -0.2) is 10.3 Å². The molecule has 1 atom stereocenters. The fraction of sp³-hybridized carbons (Fsp3) is 0.111. The molecule has 2 aromatic carbocycles. The topological polar surface area (TPSA) is 71.2 Å². The Morgan fingerprint density at radius 3 is 2.36 bits per heavy atom. The number of aromatic nitrogens is 1. The molecular formula is C18H15ClN2O3S. The van der Waals surface area contributed by atoms with Gasteiger partial charge in [-0.15, -0.1) is 0 Å². The second kappa shape index (κ2) is 7.55. The Bertz CT molecular complexity index is 919. The molecule has 0 bridgehead atoms. The van der Waals surface area contributed by atoms with Crippen LogP contribution in [0, 0.1) is 0 Å². The second-order valence-electron chi connectivity index (χ2n) is 5.36. The number of benzene rings is 2. The Kier molecular flexibility index (Phi) is 5.21. The van der Waals surface area contributed by atoms with Crippen LogP contribution in [0.5, 0.6) is 11.5 Å². The molecule has 1 aromatic heterocycles. The molecule has 1 heterocycles. The summed E-state index contributed by atoms with van der Waals surface area (Å²) in [5.41, 5.74) is 0.458. The highest BCUT2D eigenvalue weighted by atomic mass is 35.5. The van der Waals surface area contributed by atoms with Crippen molar-refractivity contribution in [3.8, 4) is 11.5 Å². The van der Waals surface area contributed by atoms with Crippen molar-refractivity contribution in [3.63, 3.8) is 0 Å². The number of carbonyl (C=O) groups excluding carboxylic acids is 1. The fourth-order valence-corrected chi connectivity index (χ4v) is 3.17. The Morgan fingerprint density at radius 1 is 1.12 bits per heavy atom.